The number of carbonyl (C=O) groups excluding carboxylic acids is 1. The highest BCUT2D eigenvalue weighted by Crippen LogP contribution is 2.36. The number of anilines is 2. The zero-order valence-electron chi connectivity index (χ0n) is 17.3. The van der Waals surface area contributed by atoms with Crippen LogP contribution in [0.25, 0.3) is 0 Å². The van der Waals surface area contributed by atoms with Crippen LogP contribution in [0.5, 0.6) is 0 Å². The van der Waals surface area contributed by atoms with E-state index in [-0.39, 0.29) is 11.9 Å². The molecule has 30 heavy (non-hydrogen) atoms. The number of hydrogen-bond donors (Lipinski definition) is 2. The van der Waals surface area contributed by atoms with Gasteiger partial charge >= 0.3 is 0 Å². The van der Waals surface area contributed by atoms with Crippen LogP contribution in [0.2, 0.25) is 0 Å². The van der Waals surface area contributed by atoms with E-state index < -0.39 is 0 Å². The molecule has 0 aliphatic carbocycles. The maximum absolute atomic E-state index is 13.4. The smallest absolute Gasteiger partial charge is 0.255 e. The van der Waals surface area contributed by atoms with Crippen LogP contribution in [0, 0.1) is 6.92 Å². The molecule has 4 rings (SSSR count). The minimum atomic E-state index is -0.351. The van der Waals surface area contributed by atoms with Gasteiger partial charge in [0.1, 0.15) is 6.04 Å². The number of aryl methyl sites for hydroxylation is 1. The largest absolute Gasteiger partial charge is 0.328 e. The fourth-order valence-corrected chi connectivity index (χ4v) is 4.23. The minimum Gasteiger partial charge on any atom is -0.328 e. The molecule has 3 aromatic rings. The maximum Gasteiger partial charge on any atom is 0.255 e. The van der Waals surface area contributed by atoms with Gasteiger partial charge in [0.15, 0.2) is 0 Å². The molecule has 2 aromatic carbocycles. The highest BCUT2D eigenvalue weighted by atomic mass is 32.2. The van der Waals surface area contributed by atoms with Crippen LogP contribution < -0.4 is 10.6 Å². The lowest BCUT2D eigenvalue weighted by molar-refractivity contribution is -0.113. The minimum absolute atomic E-state index is 0.150. The van der Waals surface area contributed by atoms with Crippen molar-refractivity contribution in [2.75, 3.05) is 16.4 Å². The van der Waals surface area contributed by atoms with Gasteiger partial charge < -0.3 is 10.6 Å². The van der Waals surface area contributed by atoms with Gasteiger partial charge in [0.25, 0.3) is 5.91 Å². The molecule has 2 heterocycles. The molecular weight excluding hydrogens is 394 g/mol. The number of amides is 1. The number of rotatable bonds is 6. The predicted molar refractivity (Wildman–Crippen MR) is 122 cm³/mol. The van der Waals surface area contributed by atoms with E-state index in [1.807, 2.05) is 73.1 Å². The third kappa shape index (κ3) is 4.11. The van der Waals surface area contributed by atoms with Crippen molar-refractivity contribution in [2.24, 2.45) is 0 Å². The molecule has 0 saturated heterocycles. The third-order valence-corrected chi connectivity index (χ3v) is 5.95. The van der Waals surface area contributed by atoms with Crippen molar-refractivity contribution >= 4 is 29.3 Å². The van der Waals surface area contributed by atoms with Crippen molar-refractivity contribution < 1.29 is 4.79 Å². The first-order chi connectivity index (χ1) is 14.6. The molecule has 1 atom stereocenters. The van der Waals surface area contributed by atoms with E-state index >= 15 is 0 Å². The summed E-state index contributed by atoms with van der Waals surface area (Å²) in [6.45, 7) is 6.05. The Labute approximate surface area is 180 Å². The van der Waals surface area contributed by atoms with Crippen molar-refractivity contribution in [1.82, 2.24) is 14.8 Å². The fourth-order valence-electron chi connectivity index (χ4n) is 3.54. The van der Waals surface area contributed by atoms with Gasteiger partial charge in [-0.3, -0.25) is 4.79 Å². The number of aromatic nitrogens is 3. The topological polar surface area (TPSA) is 71.8 Å². The van der Waals surface area contributed by atoms with Crippen molar-refractivity contribution in [3.8, 4) is 0 Å². The Kier molecular flexibility index (Phi) is 5.90. The molecule has 0 saturated carbocycles. The zero-order chi connectivity index (χ0) is 21.1. The Morgan fingerprint density at radius 3 is 2.70 bits per heavy atom. The normalized spacial score (nSPS) is 15.5. The van der Waals surface area contributed by atoms with Crippen LogP contribution in [-0.4, -0.2) is 26.4 Å². The quantitative estimate of drug-likeness (QED) is 0.549. The summed E-state index contributed by atoms with van der Waals surface area (Å²) < 4.78 is 1.82. The summed E-state index contributed by atoms with van der Waals surface area (Å²) in [6, 6.07) is 17.4. The van der Waals surface area contributed by atoms with E-state index in [1.54, 1.807) is 11.8 Å². The fraction of sp³-hybridized carbons (Fsp3) is 0.261. The van der Waals surface area contributed by atoms with Crippen molar-refractivity contribution in [1.29, 1.82) is 0 Å². The van der Waals surface area contributed by atoms with E-state index in [1.165, 1.54) is 0 Å². The second kappa shape index (κ2) is 8.75. The number of fused-ring (bicyclic) bond motifs is 1. The summed E-state index contributed by atoms with van der Waals surface area (Å²) >= 11 is 1.62. The molecule has 1 aromatic heterocycles. The van der Waals surface area contributed by atoms with Gasteiger partial charge in [0, 0.05) is 17.1 Å². The number of hydrogen-bond acceptors (Lipinski definition) is 5. The van der Waals surface area contributed by atoms with Gasteiger partial charge in [-0.1, -0.05) is 61.2 Å². The van der Waals surface area contributed by atoms with Crippen molar-refractivity contribution in [3.05, 3.63) is 77.0 Å². The third-order valence-electron chi connectivity index (χ3n) is 4.90. The Morgan fingerprint density at radius 1 is 1.17 bits per heavy atom. The lowest BCUT2D eigenvalue weighted by atomic mass is 9.95. The van der Waals surface area contributed by atoms with Crippen LogP contribution in [0.4, 0.5) is 11.6 Å². The molecule has 7 heteroatoms. The second-order valence-corrected chi connectivity index (χ2v) is 8.37. The molecule has 154 valence electrons. The Balaban J connectivity index is 1.74. The standard InChI is InChI=1S/C23H25N5OS/c1-4-13-30-23-26-22-24-16(3)19(21(29)25-18-12-8-9-15(2)14-18)20(28(22)27-23)17-10-6-5-7-11-17/h5-12,14,20H,4,13H2,1-3H3,(H,25,29)(H,24,26,27). The van der Waals surface area contributed by atoms with Crippen LogP contribution in [0.1, 0.15) is 37.4 Å². The van der Waals surface area contributed by atoms with E-state index in [0.29, 0.717) is 16.7 Å². The predicted octanol–water partition coefficient (Wildman–Crippen LogP) is 5.02. The molecule has 0 bridgehead atoms. The second-order valence-electron chi connectivity index (χ2n) is 7.31. The Hall–Kier alpha value is -3.06. The summed E-state index contributed by atoms with van der Waals surface area (Å²) in [5.74, 6) is 1.46. The van der Waals surface area contributed by atoms with E-state index in [0.717, 1.165) is 34.7 Å². The molecule has 0 spiro atoms. The van der Waals surface area contributed by atoms with Crippen LogP contribution in [0.15, 0.2) is 71.0 Å². The first-order valence-electron chi connectivity index (χ1n) is 10.1. The summed E-state index contributed by atoms with van der Waals surface area (Å²) in [5.41, 5.74) is 4.27. The van der Waals surface area contributed by atoms with Crippen molar-refractivity contribution in [2.45, 2.75) is 38.4 Å². The van der Waals surface area contributed by atoms with Crippen LogP contribution in [0.3, 0.4) is 0 Å². The first-order valence-corrected chi connectivity index (χ1v) is 11.1. The van der Waals surface area contributed by atoms with E-state index in [4.69, 9.17) is 5.10 Å². The Morgan fingerprint density at radius 2 is 1.97 bits per heavy atom. The van der Waals surface area contributed by atoms with Gasteiger partial charge in [-0.05, 0) is 43.5 Å². The summed E-state index contributed by atoms with van der Waals surface area (Å²) in [4.78, 5) is 18.0. The highest BCUT2D eigenvalue weighted by Gasteiger charge is 2.34. The SMILES string of the molecule is CCCSc1nc2n(n1)C(c1ccccc1)C(C(=O)Nc1cccc(C)c1)=C(C)N2. The zero-order valence-corrected chi connectivity index (χ0v) is 18.2. The van der Waals surface area contributed by atoms with Crippen LogP contribution >= 0.6 is 11.8 Å². The monoisotopic (exact) mass is 419 g/mol. The molecule has 1 unspecified atom stereocenters. The molecular formula is C23H25N5OS. The summed E-state index contributed by atoms with van der Waals surface area (Å²) in [6.07, 6.45) is 1.05. The summed E-state index contributed by atoms with van der Waals surface area (Å²) in [7, 11) is 0. The average molecular weight is 420 g/mol. The first kappa shape index (κ1) is 20.2. The molecule has 6 nitrogen and oxygen atoms in total. The van der Waals surface area contributed by atoms with Gasteiger partial charge in [0.05, 0.1) is 5.57 Å². The molecule has 0 fully saturated rings. The van der Waals surface area contributed by atoms with Gasteiger partial charge in [-0.15, -0.1) is 5.10 Å². The highest BCUT2D eigenvalue weighted by molar-refractivity contribution is 7.99. The average Bonchev–Trinajstić information content (AvgIpc) is 3.14. The number of carbonyl (C=O) groups is 1. The number of benzene rings is 2. The lowest BCUT2D eigenvalue weighted by Gasteiger charge is -2.28. The summed E-state index contributed by atoms with van der Waals surface area (Å²) in [5, 5.41) is 11.8. The maximum atomic E-state index is 13.4. The molecule has 1 aliphatic rings. The molecule has 2 N–H and O–H groups in total. The Bertz CT molecular complexity index is 1090. The van der Waals surface area contributed by atoms with E-state index in [9.17, 15) is 4.79 Å². The molecule has 1 aliphatic heterocycles. The number of nitrogens with zero attached hydrogens (tertiary/aromatic N) is 3. The number of nitrogens with one attached hydrogen (secondary N) is 2. The van der Waals surface area contributed by atoms with Gasteiger partial charge in [-0.2, -0.15) is 4.98 Å². The number of allylic oxidation sites excluding steroid dienone is 1. The number of thioether (sulfide) groups is 1. The van der Waals surface area contributed by atoms with Crippen LogP contribution in [-0.2, 0) is 4.79 Å². The molecule has 0 radical (unpaired) electrons. The van der Waals surface area contributed by atoms with E-state index in [2.05, 4.69) is 22.5 Å². The lowest BCUT2D eigenvalue weighted by Crippen LogP contribution is -2.31. The van der Waals surface area contributed by atoms with Crippen molar-refractivity contribution in [3.63, 3.8) is 0 Å². The van der Waals surface area contributed by atoms with Gasteiger partial charge in [-0.25, -0.2) is 4.68 Å². The van der Waals surface area contributed by atoms with Gasteiger partial charge in [0.2, 0.25) is 11.1 Å². The molecule has 1 amide bonds.